The van der Waals surface area contributed by atoms with Gasteiger partial charge in [0.2, 0.25) is 0 Å². The van der Waals surface area contributed by atoms with Crippen LogP contribution in [0.25, 0.3) is 0 Å². The fraction of sp³-hybridized carbons (Fsp3) is 0.250. The molecule has 0 fully saturated rings. The predicted molar refractivity (Wildman–Crippen MR) is 80.0 cm³/mol. The molecule has 2 nitrogen and oxygen atoms in total. The van der Waals surface area contributed by atoms with Gasteiger partial charge in [-0.15, -0.1) is 0 Å². The van der Waals surface area contributed by atoms with Gasteiger partial charge in [-0.1, -0.05) is 64.5 Å². The standard InChI is InChI=1S/C16H17BrO2/c1-18-12-19-16(11-13-7-3-2-4-8-13)14-9-5-6-10-15(14)17/h2-10,16H,11-12H2,1H3. The van der Waals surface area contributed by atoms with Crippen LogP contribution in [-0.4, -0.2) is 13.9 Å². The van der Waals surface area contributed by atoms with Crippen molar-refractivity contribution < 1.29 is 9.47 Å². The molecule has 0 aliphatic rings. The van der Waals surface area contributed by atoms with E-state index >= 15 is 0 Å². The molecular formula is C16H17BrO2. The molecule has 19 heavy (non-hydrogen) atoms. The minimum Gasteiger partial charge on any atom is -0.359 e. The molecule has 0 radical (unpaired) electrons. The van der Waals surface area contributed by atoms with Crippen LogP contribution in [0.1, 0.15) is 17.2 Å². The second-order valence-corrected chi connectivity index (χ2v) is 5.13. The number of rotatable bonds is 6. The Morgan fingerprint density at radius 2 is 1.68 bits per heavy atom. The first-order valence-electron chi connectivity index (χ1n) is 6.20. The van der Waals surface area contributed by atoms with Gasteiger partial charge in [0, 0.05) is 18.0 Å². The van der Waals surface area contributed by atoms with E-state index in [0.717, 1.165) is 16.5 Å². The summed E-state index contributed by atoms with van der Waals surface area (Å²) in [5.74, 6) is 0. The number of hydrogen-bond acceptors (Lipinski definition) is 2. The van der Waals surface area contributed by atoms with Crippen molar-refractivity contribution in [3.8, 4) is 0 Å². The van der Waals surface area contributed by atoms with Crippen molar-refractivity contribution in [2.45, 2.75) is 12.5 Å². The van der Waals surface area contributed by atoms with Gasteiger partial charge >= 0.3 is 0 Å². The zero-order valence-corrected chi connectivity index (χ0v) is 12.5. The first kappa shape index (κ1) is 14.3. The van der Waals surface area contributed by atoms with E-state index in [2.05, 4.69) is 34.1 Å². The lowest BCUT2D eigenvalue weighted by Crippen LogP contribution is -2.10. The van der Waals surface area contributed by atoms with Gasteiger partial charge < -0.3 is 9.47 Å². The number of methoxy groups -OCH3 is 1. The smallest absolute Gasteiger partial charge is 0.147 e. The van der Waals surface area contributed by atoms with Crippen LogP contribution in [0.3, 0.4) is 0 Å². The third-order valence-corrected chi connectivity index (χ3v) is 3.63. The van der Waals surface area contributed by atoms with Crippen molar-refractivity contribution >= 4 is 15.9 Å². The van der Waals surface area contributed by atoms with Crippen LogP contribution in [-0.2, 0) is 15.9 Å². The highest BCUT2D eigenvalue weighted by atomic mass is 79.9. The molecule has 0 bridgehead atoms. The van der Waals surface area contributed by atoms with Gasteiger partial charge in [-0.3, -0.25) is 0 Å². The Labute approximate surface area is 122 Å². The van der Waals surface area contributed by atoms with E-state index in [1.807, 2.05) is 36.4 Å². The zero-order chi connectivity index (χ0) is 13.5. The fourth-order valence-corrected chi connectivity index (χ4v) is 2.51. The summed E-state index contributed by atoms with van der Waals surface area (Å²) in [7, 11) is 1.64. The predicted octanol–water partition coefficient (Wildman–Crippen LogP) is 4.35. The normalized spacial score (nSPS) is 12.3. The van der Waals surface area contributed by atoms with Gasteiger partial charge in [0.15, 0.2) is 0 Å². The summed E-state index contributed by atoms with van der Waals surface area (Å²) in [4.78, 5) is 0. The van der Waals surface area contributed by atoms with E-state index in [0.29, 0.717) is 6.79 Å². The maximum atomic E-state index is 5.81. The van der Waals surface area contributed by atoms with E-state index in [1.165, 1.54) is 5.56 Å². The molecule has 1 atom stereocenters. The lowest BCUT2D eigenvalue weighted by Gasteiger charge is -2.19. The fourth-order valence-electron chi connectivity index (χ4n) is 1.97. The summed E-state index contributed by atoms with van der Waals surface area (Å²) in [5, 5.41) is 0. The Balaban J connectivity index is 2.19. The molecule has 0 saturated heterocycles. The Morgan fingerprint density at radius 1 is 1.00 bits per heavy atom. The highest BCUT2D eigenvalue weighted by Gasteiger charge is 2.15. The summed E-state index contributed by atoms with van der Waals surface area (Å²) in [6, 6.07) is 18.5. The second-order valence-electron chi connectivity index (χ2n) is 4.27. The molecule has 0 aromatic heterocycles. The molecule has 0 aliphatic carbocycles. The van der Waals surface area contributed by atoms with Crippen molar-refractivity contribution in [3.05, 3.63) is 70.2 Å². The van der Waals surface area contributed by atoms with Crippen LogP contribution in [0.2, 0.25) is 0 Å². The lowest BCUT2D eigenvalue weighted by molar-refractivity contribution is -0.0732. The van der Waals surface area contributed by atoms with E-state index in [9.17, 15) is 0 Å². The molecule has 0 amide bonds. The van der Waals surface area contributed by atoms with Gasteiger partial charge in [0.05, 0.1) is 6.10 Å². The largest absolute Gasteiger partial charge is 0.359 e. The van der Waals surface area contributed by atoms with Gasteiger partial charge in [-0.05, 0) is 17.2 Å². The van der Waals surface area contributed by atoms with Crippen molar-refractivity contribution in [1.82, 2.24) is 0 Å². The monoisotopic (exact) mass is 320 g/mol. The number of ether oxygens (including phenoxy) is 2. The molecule has 2 aromatic carbocycles. The average molecular weight is 321 g/mol. The molecule has 1 unspecified atom stereocenters. The summed E-state index contributed by atoms with van der Waals surface area (Å²) in [5.41, 5.74) is 2.39. The summed E-state index contributed by atoms with van der Waals surface area (Å²) >= 11 is 3.58. The lowest BCUT2D eigenvalue weighted by atomic mass is 10.0. The van der Waals surface area contributed by atoms with E-state index in [4.69, 9.17) is 9.47 Å². The molecule has 0 N–H and O–H groups in total. The third kappa shape index (κ3) is 4.16. The Hall–Kier alpha value is -1.16. The number of hydrogen-bond donors (Lipinski definition) is 0. The summed E-state index contributed by atoms with van der Waals surface area (Å²) in [6.45, 7) is 0.291. The first-order chi connectivity index (χ1) is 9.31. The van der Waals surface area contributed by atoms with E-state index < -0.39 is 0 Å². The topological polar surface area (TPSA) is 18.5 Å². The van der Waals surface area contributed by atoms with Crippen LogP contribution < -0.4 is 0 Å². The summed E-state index contributed by atoms with van der Waals surface area (Å²) in [6.07, 6.45) is 0.810. The van der Waals surface area contributed by atoms with Crippen LogP contribution in [0.4, 0.5) is 0 Å². The molecule has 2 aromatic rings. The van der Waals surface area contributed by atoms with Crippen LogP contribution in [0.15, 0.2) is 59.1 Å². The Bertz CT molecular complexity index is 499. The molecule has 0 spiro atoms. The molecule has 2 rings (SSSR count). The molecular weight excluding hydrogens is 304 g/mol. The highest BCUT2D eigenvalue weighted by Crippen LogP contribution is 2.28. The van der Waals surface area contributed by atoms with Crippen molar-refractivity contribution in [3.63, 3.8) is 0 Å². The SMILES string of the molecule is COCOC(Cc1ccccc1)c1ccccc1Br. The number of halogens is 1. The molecule has 0 saturated carbocycles. The molecule has 3 heteroatoms. The maximum Gasteiger partial charge on any atom is 0.147 e. The minimum absolute atomic E-state index is 0.0158. The number of benzene rings is 2. The second kappa shape index (κ2) is 7.43. The van der Waals surface area contributed by atoms with E-state index in [-0.39, 0.29) is 6.10 Å². The van der Waals surface area contributed by atoms with Crippen LogP contribution >= 0.6 is 15.9 Å². The zero-order valence-electron chi connectivity index (χ0n) is 10.9. The van der Waals surface area contributed by atoms with Crippen molar-refractivity contribution in [1.29, 1.82) is 0 Å². The van der Waals surface area contributed by atoms with Gasteiger partial charge in [0.25, 0.3) is 0 Å². The molecule has 100 valence electrons. The average Bonchev–Trinajstić information content (AvgIpc) is 2.45. The molecule has 0 heterocycles. The first-order valence-corrected chi connectivity index (χ1v) is 6.99. The molecule has 0 aliphatic heterocycles. The Kier molecular flexibility index (Phi) is 5.58. The van der Waals surface area contributed by atoms with Gasteiger partial charge in [-0.2, -0.15) is 0 Å². The van der Waals surface area contributed by atoms with Crippen molar-refractivity contribution in [2.75, 3.05) is 13.9 Å². The third-order valence-electron chi connectivity index (χ3n) is 2.90. The van der Waals surface area contributed by atoms with E-state index in [1.54, 1.807) is 7.11 Å². The quantitative estimate of drug-likeness (QED) is 0.736. The maximum absolute atomic E-state index is 5.81. The van der Waals surface area contributed by atoms with Crippen LogP contribution in [0, 0.1) is 0 Å². The highest BCUT2D eigenvalue weighted by molar-refractivity contribution is 9.10. The summed E-state index contributed by atoms with van der Waals surface area (Å²) < 4.78 is 11.9. The van der Waals surface area contributed by atoms with Gasteiger partial charge in [0.1, 0.15) is 6.79 Å². The van der Waals surface area contributed by atoms with Crippen molar-refractivity contribution in [2.24, 2.45) is 0 Å². The van der Waals surface area contributed by atoms with Crippen LogP contribution in [0.5, 0.6) is 0 Å². The Morgan fingerprint density at radius 3 is 2.37 bits per heavy atom. The minimum atomic E-state index is -0.0158. The van der Waals surface area contributed by atoms with Gasteiger partial charge in [-0.25, -0.2) is 0 Å².